The molecule has 3 aliphatic heterocycles. The van der Waals surface area contributed by atoms with Crippen molar-refractivity contribution >= 4 is 5.69 Å². The Morgan fingerprint density at radius 3 is 3.00 bits per heavy atom. The Morgan fingerprint density at radius 2 is 2.19 bits per heavy atom. The summed E-state index contributed by atoms with van der Waals surface area (Å²) in [6.45, 7) is 4.88. The molecule has 0 amide bonds. The summed E-state index contributed by atoms with van der Waals surface area (Å²) in [5.74, 6) is 1.50. The van der Waals surface area contributed by atoms with Gasteiger partial charge >= 0.3 is 0 Å². The van der Waals surface area contributed by atoms with Crippen LogP contribution in [0.15, 0.2) is 35.7 Å². The Balaban J connectivity index is 1.85. The van der Waals surface area contributed by atoms with Crippen LogP contribution in [0.25, 0.3) is 0 Å². The van der Waals surface area contributed by atoms with Crippen LogP contribution in [0.5, 0.6) is 0 Å². The van der Waals surface area contributed by atoms with E-state index in [9.17, 15) is 5.11 Å². The van der Waals surface area contributed by atoms with Gasteiger partial charge in [0, 0.05) is 42.0 Å². The third kappa shape index (κ3) is 1.90. The van der Waals surface area contributed by atoms with Crippen molar-refractivity contribution in [2.75, 3.05) is 25.0 Å². The summed E-state index contributed by atoms with van der Waals surface area (Å²) in [5.41, 5.74) is 5.50. The molecule has 1 saturated heterocycles. The SMILES string of the molecule is CCC1CN2CCC[C@H](CO)C2=C2Nc3ccccc3C21. The Labute approximate surface area is 126 Å². The minimum atomic E-state index is 0.275. The van der Waals surface area contributed by atoms with Crippen LogP contribution in [0.1, 0.15) is 37.7 Å². The highest BCUT2D eigenvalue weighted by molar-refractivity contribution is 5.67. The van der Waals surface area contributed by atoms with E-state index in [2.05, 4.69) is 41.4 Å². The smallest absolute Gasteiger partial charge is 0.0514 e. The van der Waals surface area contributed by atoms with Crippen LogP contribution in [-0.2, 0) is 0 Å². The normalized spacial score (nSPS) is 30.6. The summed E-state index contributed by atoms with van der Waals surface area (Å²) < 4.78 is 0. The van der Waals surface area contributed by atoms with Gasteiger partial charge in [-0.15, -0.1) is 0 Å². The first-order chi connectivity index (χ1) is 10.3. The molecule has 0 spiro atoms. The van der Waals surface area contributed by atoms with Gasteiger partial charge in [0.25, 0.3) is 0 Å². The van der Waals surface area contributed by atoms with Crippen molar-refractivity contribution in [3.05, 3.63) is 41.2 Å². The molecule has 4 rings (SSSR count). The van der Waals surface area contributed by atoms with E-state index < -0.39 is 0 Å². The number of allylic oxidation sites excluding steroid dienone is 1. The second-order valence-electron chi connectivity index (χ2n) is 6.62. The molecule has 0 radical (unpaired) electrons. The van der Waals surface area contributed by atoms with Crippen molar-refractivity contribution in [1.82, 2.24) is 4.90 Å². The molecule has 0 aliphatic carbocycles. The molecule has 1 aromatic rings. The van der Waals surface area contributed by atoms with Crippen LogP contribution in [-0.4, -0.2) is 29.7 Å². The number of rotatable bonds is 2. The molecule has 1 aromatic carbocycles. The van der Waals surface area contributed by atoms with Gasteiger partial charge in [0.1, 0.15) is 0 Å². The van der Waals surface area contributed by atoms with E-state index in [1.807, 2.05) is 0 Å². The van der Waals surface area contributed by atoms with Crippen molar-refractivity contribution in [3.63, 3.8) is 0 Å². The van der Waals surface area contributed by atoms with Gasteiger partial charge in [-0.05, 0) is 30.4 Å². The highest BCUT2D eigenvalue weighted by atomic mass is 16.3. The van der Waals surface area contributed by atoms with Gasteiger partial charge < -0.3 is 15.3 Å². The molecule has 1 fully saturated rings. The number of fused-ring (bicyclic) bond motifs is 4. The van der Waals surface area contributed by atoms with Crippen LogP contribution in [0.4, 0.5) is 5.69 Å². The Morgan fingerprint density at radius 1 is 1.33 bits per heavy atom. The van der Waals surface area contributed by atoms with E-state index in [-0.39, 0.29) is 6.61 Å². The lowest BCUT2D eigenvalue weighted by molar-refractivity contribution is 0.135. The number of hydrogen-bond acceptors (Lipinski definition) is 3. The minimum absolute atomic E-state index is 0.275. The molecule has 0 aromatic heterocycles. The maximum absolute atomic E-state index is 9.80. The van der Waals surface area contributed by atoms with E-state index >= 15 is 0 Å². The summed E-state index contributed by atoms with van der Waals surface area (Å²) in [4.78, 5) is 2.54. The van der Waals surface area contributed by atoms with Gasteiger partial charge in [-0.25, -0.2) is 0 Å². The van der Waals surface area contributed by atoms with E-state index in [1.165, 1.54) is 35.5 Å². The minimum Gasteiger partial charge on any atom is -0.396 e. The first kappa shape index (κ1) is 13.2. The average molecular weight is 284 g/mol. The third-order valence-corrected chi connectivity index (χ3v) is 5.53. The first-order valence-corrected chi connectivity index (χ1v) is 8.29. The number of nitrogens with zero attached hydrogens (tertiary/aromatic N) is 1. The highest BCUT2D eigenvalue weighted by Gasteiger charge is 2.43. The molecule has 21 heavy (non-hydrogen) atoms. The van der Waals surface area contributed by atoms with E-state index in [4.69, 9.17) is 0 Å². The van der Waals surface area contributed by atoms with Gasteiger partial charge in [-0.1, -0.05) is 31.5 Å². The molecule has 3 heterocycles. The maximum atomic E-state index is 9.80. The molecule has 3 atom stereocenters. The molecule has 2 unspecified atom stereocenters. The second-order valence-corrected chi connectivity index (χ2v) is 6.62. The quantitative estimate of drug-likeness (QED) is 0.875. The molecule has 3 nitrogen and oxygen atoms in total. The van der Waals surface area contributed by atoms with E-state index in [0.29, 0.717) is 17.8 Å². The van der Waals surface area contributed by atoms with Gasteiger partial charge in [-0.2, -0.15) is 0 Å². The molecule has 0 saturated carbocycles. The number of hydrogen-bond donors (Lipinski definition) is 2. The van der Waals surface area contributed by atoms with Crippen LogP contribution >= 0.6 is 0 Å². The second kappa shape index (κ2) is 5.06. The highest BCUT2D eigenvalue weighted by Crippen LogP contribution is 2.50. The van der Waals surface area contributed by atoms with Gasteiger partial charge in [-0.3, -0.25) is 0 Å². The first-order valence-electron chi connectivity index (χ1n) is 8.29. The molecular formula is C18H24N2O. The van der Waals surface area contributed by atoms with Gasteiger partial charge in [0.05, 0.1) is 6.61 Å². The lowest BCUT2D eigenvalue weighted by Crippen LogP contribution is -2.44. The molecule has 3 aliphatic rings. The van der Waals surface area contributed by atoms with Crippen LogP contribution in [0.3, 0.4) is 0 Å². The van der Waals surface area contributed by atoms with Crippen LogP contribution in [0, 0.1) is 11.8 Å². The summed E-state index contributed by atoms with van der Waals surface area (Å²) in [6, 6.07) is 8.72. The van der Waals surface area contributed by atoms with Crippen LogP contribution in [0.2, 0.25) is 0 Å². The van der Waals surface area contributed by atoms with Gasteiger partial charge in [0.15, 0.2) is 0 Å². The number of aliphatic hydroxyl groups is 1. The van der Waals surface area contributed by atoms with Crippen molar-refractivity contribution in [3.8, 4) is 0 Å². The largest absolute Gasteiger partial charge is 0.396 e. The van der Waals surface area contributed by atoms with Gasteiger partial charge in [0.2, 0.25) is 0 Å². The number of nitrogens with one attached hydrogen (secondary N) is 1. The summed E-state index contributed by atoms with van der Waals surface area (Å²) in [6.07, 6.45) is 3.53. The number of anilines is 1. The lowest BCUT2D eigenvalue weighted by atomic mass is 9.77. The number of benzene rings is 1. The lowest BCUT2D eigenvalue weighted by Gasteiger charge is -2.45. The van der Waals surface area contributed by atoms with Crippen molar-refractivity contribution < 1.29 is 5.11 Å². The number of para-hydroxylation sites is 1. The van der Waals surface area contributed by atoms with Crippen molar-refractivity contribution in [1.29, 1.82) is 0 Å². The zero-order valence-corrected chi connectivity index (χ0v) is 12.7. The Hall–Kier alpha value is -1.48. The molecule has 3 heteroatoms. The fraction of sp³-hybridized carbons (Fsp3) is 0.556. The number of aliphatic hydroxyl groups excluding tert-OH is 1. The molecule has 2 N–H and O–H groups in total. The third-order valence-electron chi connectivity index (χ3n) is 5.53. The average Bonchev–Trinajstić information content (AvgIpc) is 2.93. The zero-order chi connectivity index (χ0) is 14.4. The summed E-state index contributed by atoms with van der Waals surface area (Å²) in [7, 11) is 0. The fourth-order valence-electron chi connectivity index (χ4n) is 4.53. The Bertz CT molecular complexity index is 580. The van der Waals surface area contributed by atoms with Crippen molar-refractivity contribution in [2.24, 2.45) is 11.8 Å². The number of piperidine rings is 1. The monoisotopic (exact) mass is 284 g/mol. The maximum Gasteiger partial charge on any atom is 0.0514 e. The predicted octanol–water partition coefficient (Wildman–Crippen LogP) is 3.15. The summed E-state index contributed by atoms with van der Waals surface area (Å²) >= 11 is 0. The topological polar surface area (TPSA) is 35.5 Å². The summed E-state index contributed by atoms with van der Waals surface area (Å²) in [5, 5.41) is 13.5. The van der Waals surface area contributed by atoms with Crippen molar-refractivity contribution in [2.45, 2.75) is 32.1 Å². The fourth-order valence-corrected chi connectivity index (χ4v) is 4.53. The van der Waals surface area contributed by atoms with E-state index in [0.717, 1.165) is 19.5 Å². The molecule has 112 valence electrons. The van der Waals surface area contributed by atoms with E-state index in [1.54, 1.807) is 0 Å². The molecular weight excluding hydrogens is 260 g/mol. The standard InChI is InChI=1S/C18H24N2O/c1-2-12-10-20-9-5-6-13(11-21)18(20)17-16(12)14-7-3-4-8-15(14)19-17/h3-4,7-8,12-13,16,19,21H,2,5-6,9-11H2,1H3/t12?,13-,16?/m1/s1. The Kier molecular flexibility index (Phi) is 3.18. The molecule has 0 bridgehead atoms. The zero-order valence-electron chi connectivity index (χ0n) is 12.7. The predicted molar refractivity (Wildman–Crippen MR) is 85.0 cm³/mol. The van der Waals surface area contributed by atoms with Crippen LogP contribution < -0.4 is 5.32 Å².